The zero-order valence-electron chi connectivity index (χ0n) is 12.7. The largest absolute Gasteiger partial charge is 0.350 e. The van der Waals surface area contributed by atoms with Crippen molar-refractivity contribution in [3.63, 3.8) is 0 Å². The van der Waals surface area contributed by atoms with Crippen LogP contribution in [-0.2, 0) is 7.05 Å². The Morgan fingerprint density at radius 3 is 2.57 bits per heavy atom. The Balaban J connectivity index is 1.91. The first-order valence-electron chi connectivity index (χ1n) is 7.43. The zero-order chi connectivity index (χ0) is 15.8. The van der Waals surface area contributed by atoms with Crippen LogP contribution >= 0.6 is 0 Å². The van der Waals surface area contributed by atoms with Gasteiger partial charge in [0.25, 0.3) is 0 Å². The monoisotopic (exact) mass is 304 g/mol. The Morgan fingerprint density at radius 2 is 1.74 bits per heavy atom. The number of hydrogen-bond donors (Lipinski definition) is 1. The van der Waals surface area contributed by atoms with E-state index < -0.39 is 0 Å². The second kappa shape index (κ2) is 5.37. The molecule has 2 heterocycles. The summed E-state index contributed by atoms with van der Waals surface area (Å²) in [7, 11) is 2.00. The Bertz CT molecular complexity index is 911. The summed E-state index contributed by atoms with van der Waals surface area (Å²) in [6, 6.07) is 17.6. The van der Waals surface area contributed by atoms with Gasteiger partial charge in [0.2, 0.25) is 0 Å². The molecule has 0 unspecified atom stereocenters. The number of benzene rings is 2. The molecule has 5 heteroatoms. The van der Waals surface area contributed by atoms with Gasteiger partial charge in [-0.2, -0.15) is 5.10 Å². The smallest absolute Gasteiger partial charge is 0.139 e. The van der Waals surface area contributed by atoms with E-state index in [1.807, 2.05) is 55.7 Å². The fraction of sp³-hybridized carbons (Fsp3) is 0.111. The average Bonchev–Trinajstić information content (AvgIpc) is 2.92. The van der Waals surface area contributed by atoms with Crippen molar-refractivity contribution < 1.29 is 5.21 Å². The molecule has 0 saturated carbocycles. The highest BCUT2D eigenvalue weighted by Crippen LogP contribution is 2.32. The molecule has 0 aliphatic carbocycles. The van der Waals surface area contributed by atoms with Gasteiger partial charge >= 0.3 is 0 Å². The highest BCUT2D eigenvalue weighted by Gasteiger charge is 2.30. The van der Waals surface area contributed by atoms with Crippen LogP contribution in [0.4, 0.5) is 0 Å². The van der Waals surface area contributed by atoms with Gasteiger partial charge < -0.3 is 4.57 Å². The normalized spacial score (nSPS) is 17.6. The molecule has 2 aromatic carbocycles. The first kappa shape index (κ1) is 13.7. The second-order valence-electron chi connectivity index (χ2n) is 5.58. The predicted molar refractivity (Wildman–Crippen MR) is 90.8 cm³/mol. The third-order valence-electron chi connectivity index (χ3n) is 4.15. The van der Waals surface area contributed by atoms with Gasteiger partial charge in [-0.15, -0.1) is 5.10 Å². The van der Waals surface area contributed by atoms with E-state index in [4.69, 9.17) is 0 Å². The molecule has 0 amide bonds. The van der Waals surface area contributed by atoms with Crippen molar-refractivity contribution in [3.05, 3.63) is 71.9 Å². The molecule has 5 nitrogen and oxygen atoms in total. The van der Waals surface area contributed by atoms with Gasteiger partial charge in [-0.1, -0.05) is 48.5 Å². The molecular weight excluding hydrogens is 288 g/mol. The molecular formula is C18H16N4O. The molecule has 1 N–H and O–H groups in total. The third kappa shape index (κ3) is 2.22. The SMILES string of the molecule is Cn1cc([C@H]2C(c3ccccc3)=NN=CN2O)c2ccccc21. The maximum atomic E-state index is 10.4. The first-order valence-corrected chi connectivity index (χ1v) is 7.43. The van der Waals surface area contributed by atoms with Gasteiger partial charge in [-0.05, 0) is 6.07 Å². The first-order chi connectivity index (χ1) is 11.3. The van der Waals surface area contributed by atoms with Crippen LogP contribution in [0, 0.1) is 0 Å². The van der Waals surface area contributed by atoms with E-state index in [0.717, 1.165) is 32.8 Å². The van der Waals surface area contributed by atoms with E-state index >= 15 is 0 Å². The van der Waals surface area contributed by atoms with Crippen LogP contribution in [0.1, 0.15) is 17.2 Å². The summed E-state index contributed by atoms with van der Waals surface area (Å²) < 4.78 is 2.06. The fourth-order valence-corrected chi connectivity index (χ4v) is 3.09. The minimum atomic E-state index is -0.388. The van der Waals surface area contributed by atoms with Crippen LogP contribution in [0.25, 0.3) is 10.9 Å². The molecule has 1 atom stereocenters. The number of hydroxylamine groups is 2. The Morgan fingerprint density at radius 1 is 1.00 bits per heavy atom. The van der Waals surface area contributed by atoms with Crippen molar-refractivity contribution in [2.24, 2.45) is 17.3 Å². The minimum Gasteiger partial charge on any atom is -0.350 e. The number of rotatable bonds is 2. The molecule has 23 heavy (non-hydrogen) atoms. The van der Waals surface area contributed by atoms with Crippen molar-refractivity contribution in [2.75, 3.05) is 0 Å². The van der Waals surface area contributed by atoms with Crippen LogP contribution < -0.4 is 0 Å². The van der Waals surface area contributed by atoms with E-state index in [2.05, 4.69) is 26.9 Å². The van der Waals surface area contributed by atoms with Crippen molar-refractivity contribution in [1.82, 2.24) is 9.63 Å². The van der Waals surface area contributed by atoms with Crippen LogP contribution in [0.3, 0.4) is 0 Å². The number of nitrogens with zero attached hydrogens (tertiary/aromatic N) is 4. The second-order valence-corrected chi connectivity index (χ2v) is 5.58. The number of aryl methyl sites for hydroxylation is 1. The molecule has 1 aliphatic rings. The highest BCUT2D eigenvalue weighted by atomic mass is 16.5. The molecule has 3 aromatic rings. The van der Waals surface area contributed by atoms with Gasteiger partial charge in [0.1, 0.15) is 12.4 Å². The van der Waals surface area contributed by atoms with Crippen LogP contribution in [0.5, 0.6) is 0 Å². The molecule has 0 fully saturated rings. The lowest BCUT2D eigenvalue weighted by molar-refractivity contribution is -0.0287. The minimum absolute atomic E-state index is 0.388. The van der Waals surface area contributed by atoms with Gasteiger partial charge in [0.15, 0.2) is 0 Å². The molecule has 0 radical (unpaired) electrons. The van der Waals surface area contributed by atoms with Crippen molar-refractivity contribution >= 4 is 23.0 Å². The lowest BCUT2D eigenvalue weighted by Crippen LogP contribution is -2.33. The molecule has 0 bridgehead atoms. The van der Waals surface area contributed by atoms with Crippen LogP contribution in [-0.4, -0.2) is 26.9 Å². The summed E-state index contributed by atoms with van der Waals surface area (Å²) in [5.41, 5.74) is 3.79. The molecule has 1 aliphatic heterocycles. The summed E-state index contributed by atoms with van der Waals surface area (Å²) in [6.45, 7) is 0. The predicted octanol–water partition coefficient (Wildman–Crippen LogP) is 3.36. The van der Waals surface area contributed by atoms with Crippen molar-refractivity contribution in [1.29, 1.82) is 0 Å². The summed E-state index contributed by atoms with van der Waals surface area (Å²) in [5.74, 6) is 0. The molecule has 1 aromatic heterocycles. The van der Waals surface area contributed by atoms with E-state index in [9.17, 15) is 5.21 Å². The van der Waals surface area contributed by atoms with Crippen LogP contribution in [0.15, 0.2) is 71.0 Å². The van der Waals surface area contributed by atoms with Crippen molar-refractivity contribution in [3.8, 4) is 0 Å². The summed E-state index contributed by atoms with van der Waals surface area (Å²) in [5, 5.41) is 20.8. The Kier molecular flexibility index (Phi) is 3.20. The molecule has 0 spiro atoms. The van der Waals surface area contributed by atoms with Gasteiger partial charge in [0.05, 0.1) is 5.71 Å². The fourth-order valence-electron chi connectivity index (χ4n) is 3.09. The average molecular weight is 304 g/mol. The highest BCUT2D eigenvalue weighted by molar-refractivity contribution is 6.08. The third-order valence-corrected chi connectivity index (χ3v) is 4.15. The Labute approximate surface area is 133 Å². The molecule has 114 valence electrons. The van der Waals surface area contributed by atoms with E-state index in [0.29, 0.717) is 0 Å². The molecule has 4 rings (SSSR count). The number of aromatic nitrogens is 1. The summed E-state index contributed by atoms with van der Waals surface area (Å²) >= 11 is 0. The standard InChI is InChI=1S/C18H16N4O/c1-21-11-15(14-9-5-6-10-16(14)21)18-17(20-19-12-22(18)23)13-7-3-2-4-8-13/h2-12,18,23H,1H3/t18-/m0/s1. The summed E-state index contributed by atoms with van der Waals surface area (Å²) in [4.78, 5) is 0. The summed E-state index contributed by atoms with van der Waals surface area (Å²) in [6.07, 6.45) is 3.38. The lowest BCUT2D eigenvalue weighted by atomic mass is 9.96. The topological polar surface area (TPSA) is 53.1 Å². The zero-order valence-corrected chi connectivity index (χ0v) is 12.7. The number of para-hydroxylation sites is 1. The van der Waals surface area contributed by atoms with Crippen LogP contribution in [0.2, 0.25) is 0 Å². The van der Waals surface area contributed by atoms with E-state index in [1.54, 1.807) is 0 Å². The van der Waals surface area contributed by atoms with Gasteiger partial charge in [-0.25, -0.2) is 5.06 Å². The molecule has 0 saturated heterocycles. The number of fused-ring (bicyclic) bond motifs is 1. The lowest BCUT2D eigenvalue weighted by Gasteiger charge is -2.27. The van der Waals surface area contributed by atoms with Crippen molar-refractivity contribution in [2.45, 2.75) is 6.04 Å². The quantitative estimate of drug-likeness (QED) is 0.789. The van der Waals surface area contributed by atoms with Gasteiger partial charge in [-0.3, -0.25) is 5.21 Å². The number of hydrogen-bond acceptors (Lipinski definition) is 4. The maximum absolute atomic E-state index is 10.4. The maximum Gasteiger partial charge on any atom is 0.139 e. The van der Waals surface area contributed by atoms with E-state index in [-0.39, 0.29) is 6.04 Å². The van der Waals surface area contributed by atoms with E-state index in [1.165, 1.54) is 6.34 Å². The Hall–Kier alpha value is -2.92. The van der Waals surface area contributed by atoms with Gasteiger partial charge in [0, 0.05) is 35.3 Å².